The molecule has 0 unspecified atom stereocenters. The van der Waals surface area contributed by atoms with Gasteiger partial charge < -0.3 is 5.73 Å². The molecule has 0 saturated carbocycles. The van der Waals surface area contributed by atoms with E-state index in [0.717, 1.165) is 13.0 Å². The van der Waals surface area contributed by atoms with Crippen molar-refractivity contribution >= 4 is 0 Å². The van der Waals surface area contributed by atoms with E-state index in [9.17, 15) is 0 Å². The topological polar surface area (TPSA) is 29.3 Å². The van der Waals surface area contributed by atoms with Gasteiger partial charge in [0, 0.05) is 18.6 Å². The monoisotopic (exact) mass is 204 g/mol. The fraction of sp³-hybridized carbons (Fsp3) is 0.538. The fourth-order valence-corrected chi connectivity index (χ4v) is 2.51. The Balaban J connectivity index is 2.25. The highest BCUT2D eigenvalue weighted by Crippen LogP contribution is 2.32. The van der Waals surface area contributed by atoms with Gasteiger partial charge in [-0.25, -0.2) is 0 Å². The standard InChI is InChI=1S/C13H20N2/c1-10(2)15-9-8-12(14)13(15)11-6-4-3-5-7-11/h3-7,10,12-13H,8-9,14H2,1-2H3/t12-,13+/m1/s1. The average Bonchev–Trinajstić information content (AvgIpc) is 2.61. The van der Waals surface area contributed by atoms with Gasteiger partial charge in [0.15, 0.2) is 0 Å². The van der Waals surface area contributed by atoms with Gasteiger partial charge in [0.05, 0.1) is 6.04 Å². The summed E-state index contributed by atoms with van der Waals surface area (Å²) in [5, 5.41) is 0. The zero-order valence-electron chi connectivity index (χ0n) is 9.56. The Morgan fingerprint density at radius 2 is 1.93 bits per heavy atom. The first-order valence-electron chi connectivity index (χ1n) is 5.76. The number of hydrogen-bond donors (Lipinski definition) is 1. The van der Waals surface area contributed by atoms with Crippen LogP contribution < -0.4 is 5.73 Å². The predicted molar refractivity (Wildman–Crippen MR) is 63.6 cm³/mol. The zero-order chi connectivity index (χ0) is 10.8. The lowest BCUT2D eigenvalue weighted by Crippen LogP contribution is -2.35. The van der Waals surface area contributed by atoms with Crippen LogP contribution in [0.25, 0.3) is 0 Å². The molecule has 1 aliphatic heterocycles. The first-order chi connectivity index (χ1) is 7.20. The summed E-state index contributed by atoms with van der Waals surface area (Å²) in [6, 6.07) is 11.9. The first kappa shape index (κ1) is 10.7. The Morgan fingerprint density at radius 1 is 1.27 bits per heavy atom. The van der Waals surface area contributed by atoms with Crippen LogP contribution in [0.1, 0.15) is 31.9 Å². The molecule has 15 heavy (non-hydrogen) atoms. The highest BCUT2D eigenvalue weighted by Gasteiger charge is 2.33. The summed E-state index contributed by atoms with van der Waals surface area (Å²) in [5.41, 5.74) is 7.56. The molecule has 1 aliphatic rings. The van der Waals surface area contributed by atoms with Crippen LogP contribution >= 0.6 is 0 Å². The van der Waals surface area contributed by atoms with Crippen molar-refractivity contribution in [3.63, 3.8) is 0 Å². The van der Waals surface area contributed by atoms with Gasteiger partial charge in [-0.1, -0.05) is 30.3 Å². The third-order valence-electron chi connectivity index (χ3n) is 3.29. The molecule has 2 N–H and O–H groups in total. The van der Waals surface area contributed by atoms with Gasteiger partial charge in [0.25, 0.3) is 0 Å². The maximum Gasteiger partial charge on any atom is 0.0502 e. The average molecular weight is 204 g/mol. The second-order valence-electron chi connectivity index (χ2n) is 4.64. The molecule has 1 aromatic carbocycles. The zero-order valence-corrected chi connectivity index (χ0v) is 9.56. The summed E-state index contributed by atoms with van der Waals surface area (Å²) in [4.78, 5) is 2.50. The van der Waals surface area contributed by atoms with Crippen molar-refractivity contribution in [1.29, 1.82) is 0 Å². The highest BCUT2D eigenvalue weighted by molar-refractivity contribution is 5.22. The van der Waals surface area contributed by atoms with E-state index in [1.165, 1.54) is 5.56 Å². The third-order valence-corrected chi connectivity index (χ3v) is 3.29. The molecule has 2 nitrogen and oxygen atoms in total. The van der Waals surface area contributed by atoms with E-state index in [2.05, 4.69) is 49.1 Å². The molecule has 0 aromatic heterocycles. The number of nitrogens with zero attached hydrogens (tertiary/aromatic N) is 1. The lowest BCUT2D eigenvalue weighted by molar-refractivity contribution is 0.198. The Bertz CT molecular complexity index is 308. The van der Waals surface area contributed by atoms with Crippen LogP contribution in [0.3, 0.4) is 0 Å². The molecule has 1 saturated heterocycles. The van der Waals surface area contributed by atoms with Crippen LogP contribution in [0.2, 0.25) is 0 Å². The minimum Gasteiger partial charge on any atom is -0.326 e. The van der Waals surface area contributed by atoms with Crippen molar-refractivity contribution in [2.24, 2.45) is 5.73 Å². The van der Waals surface area contributed by atoms with Gasteiger partial charge in [-0.2, -0.15) is 0 Å². The molecule has 0 spiro atoms. The molecule has 0 bridgehead atoms. The largest absolute Gasteiger partial charge is 0.326 e. The Kier molecular flexibility index (Phi) is 3.08. The van der Waals surface area contributed by atoms with Crippen LogP contribution in [0.5, 0.6) is 0 Å². The van der Waals surface area contributed by atoms with Crippen LogP contribution in [0, 0.1) is 0 Å². The lowest BCUT2D eigenvalue weighted by Gasteiger charge is -2.30. The smallest absolute Gasteiger partial charge is 0.0502 e. The molecule has 0 amide bonds. The molecule has 1 aromatic rings. The molecule has 2 rings (SSSR count). The molecule has 1 heterocycles. The maximum absolute atomic E-state index is 6.20. The van der Waals surface area contributed by atoms with Crippen molar-refractivity contribution in [1.82, 2.24) is 4.90 Å². The second kappa shape index (κ2) is 4.33. The quantitative estimate of drug-likeness (QED) is 0.800. The van der Waals surface area contributed by atoms with Gasteiger partial charge in [-0.05, 0) is 25.8 Å². The van der Waals surface area contributed by atoms with E-state index in [1.54, 1.807) is 0 Å². The van der Waals surface area contributed by atoms with Gasteiger partial charge in [-0.15, -0.1) is 0 Å². The lowest BCUT2D eigenvalue weighted by atomic mass is 10.0. The van der Waals surface area contributed by atoms with E-state index in [-0.39, 0.29) is 6.04 Å². The minimum atomic E-state index is 0.287. The van der Waals surface area contributed by atoms with E-state index in [1.807, 2.05) is 0 Å². The van der Waals surface area contributed by atoms with Crippen molar-refractivity contribution in [2.45, 2.75) is 38.4 Å². The summed E-state index contributed by atoms with van der Waals surface area (Å²) in [6.07, 6.45) is 1.11. The Hall–Kier alpha value is -0.860. The molecular weight excluding hydrogens is 184 g/mol. The van der Waals surface area contributed by atoms with Crippen LogP contribution in [0.15, 0.2) is 30.3 Å². The Labute approximate surface area is 92.1 Å². The number of benzene rings is 1. The van der Waals surface area contributed by atoms with E-state index >= 15 is 0 Å². The van der Waals surface area contributed by atoms with Crippen molar-refractivity contribution in [3.8, 4) is 0 Å². The normalized spacial score (nSPS) is 27.5. The third kappa shape index (κ3) is 2.06. The van der Waals surface area contributed by atoms with Gasteiger partial charge >= 0.3 is 0 Å². The number of rotatable bonds is 2. The number of hydrogen-bond acceptors (Lipinski definition) is 2. The fourth-order valence-electron chi connectivity index (χ4n) is 2.51. The van der Waals surface area contributed by atoms with Crippen molar-refractivity contribution in [2.75, 3.05) is 6.54 Å². The summed E-state index contributed by atoms with van der Waals surface area (Å²) in [5.74, 6) is 0. The molecule has 0 aliphatic carbocycles. The Morgan fingerprint density at radius 3 is 2.53 bits per heavy atom. The SMILES string of the molecule is CC(C)N1CC[C@@H](N)[C@@H]1c1ccccc1. The van der Waals surface area contributed by atoms with Gasteiger partial charge in [-0.3, -0.25) is 4.90 Å². The van der Waals surface area contributed by atoms with Gasteiger partial charge in [0.2, 0.25) is 0 Å². The first-order valence-corrected chi connectivity index (χ1v) is 5.76. The molecule has 0 radical (unpaired) electrons. The van der Waals surface area contributed by atoms with Crippen LogP contribution in [-0.4, -0.2) is 23.5 Å². The number of likely N-dealkylation sites (tertiary alicyclic amines) is 1. The predicted octanol–water partition coefficient (Wildman–Crippen LogP) is 2.17. The molecular formula is C13H20N2. The molecule has 2 atom stereocenters. The summed E-state index contributed by atoms with van der Waals surface area (Å²) in [6.45, 7) is 5.61. The van der Waals surface area contributed by atoms with E-state index in [4.69, 9.17) is 5.73 Å². The second-order valence-corrected chi connectivity index (χ2v) is 4.64. The summed E-state index contributed by atoms with van der Waals surface area (Å²) < 4.78 is 0. The van der Waals surface area contributed by atoms with Crippen LogP contribution in [-0.2, 0) is 0 Å². The van der Waals surface area contributed by atoms with Gasteiger partial charge in [0.1, 0.15) is 0 Å². The van der Waals surface area contributed by atoms with Crippen LogP contribution in [0.4, 0.5) is 0 Å². The molecule has 2 heteroatoms. The van der Waals surface area contributed by atoms with E-state index in [0.29, 0.717) is 12.1 Å². The highest BCUT2D eigenvalue weighted by atomic mass is 15.2. The van der Waals surface area contributed by atoms with E-state index < -0.39 is 0 Å². The molecule has 82 valence electrons. The maximum atomic E-state index is 6.20. The van der Waals surface area contributed by atoms with Crippen molar-refractivity contribution in [3.05, 3.63) is 35.9 Å². The minimum absolute atomic E-state index is 0.287. The molecule has 1 fully saturated rings. The summed E-state index contributed by atoms with van der Waals surface area (Å²) >= 11 is 0. The number of nitrogens with two attached hydrogens (primary N) is 1. The summed E-state index contributed by atoms with van der Waals surface area (Å²) in [7, 11) is 0. The van der Waals surface area contributed by atoms with Crippen molar-refractivity contribution < 1.29 is 0 Å².